The summed E-state index contributed by atoms with van der Waals surface area (Å²) >= 11 is 5.86. The van der Waals surface area contributed by atoms with E-state index in [0.717, 1.165) is 11.1 Å². The highest BCUT2D eigenvalue weighted by Crippen LogP contribution is 2.50. The normalized spacial score (nSPS) is 22.2. The van der Waals surface area contributed by atoms with Gasteiger partial charge >= 0.3 is 0 Å². The largest absolute Gasteiger partial charge is 0.321 e. The number of halogens is 3. The van der Waals surface area contributed by atoms with Crippen LogP contribution in [0.5, 0.6) is 0 Å². The van der Waals surface area contributed by atoms with Crippen molar-refractivity contribution < 1.29 is 8.78 Å². The van der Waals surface area contributed by atoms with Crippen molar-refractivity contribution >= 4 is 11.6 Å². The Hall–Kier alpha value is -0.670. The summed E-state index contributed by atoms with van der Waals surface area (Å²) in [6.07, 6.45) is -0.553. The number of rotatable bonds is 1. The quantitative estimate of drug-likeness (QED) is 0.789. The van der Waals surface area contributed by atoms with Crippen molar-refractivity contribution in [1.29, 1.82) is 0 Å². The second kappa shape index (κ2) is 3.16. The van der Waals surface area contributed by atoms with Gasteiger partial charge in [0, 0.05) is 17.9 Å². The van der Waals surface area contributed by atoms with Gasteiger partial charge in [-0.15, -0.1) is 0 Å². The van der Waals surface area contributed by atoms with E-state index in [1.54, 1.807) is 18.2 Å². The van der Waals surface area contributed by atoms with E-state index in [9.17, 15) is 8.78 Å². The number of alkyl halides is 2. The van der Waals surface area contributed by atoms with Gasteiger partial charge in [-0.3, -0.25) is 0 Å². The molecule has 1 saturated carbocycles. The van der Waals surface area contributed by atoms with Gasteiger partial charge in [-0.05, 0) is 24.1 Å². The zero-order chi connectivity index (χ0) is 11.3. The molecule has 0 unspecified atom stereocenters. The number of hydrogen-bond acceptors (Lipinski definition) is 1. The highest BCUT2D eigenvalue weighted by Gasteiger charge is 2.55. The van der Waals surface area contributed by atoms with Gasteiger partial charge < -0.3 is 5.73 Å². The molecule has 0 heterocycles. The van der Waals surface area contributed by atoms with Crippen LogP contribution in [0.4, 0.5) is 8.78 Å². The molecule has 0 aliphatic heterocycles. The van der Waals surface area contributed by atoms with Crippen molar-refractivity contribution in [3.8, 4) is 0 Å². The summed E-state index contributed by atoms with van der Waals surface area (Å²) in [6, 6.07) is 5.22. The van der Waals surface area contributed by atoms with E-state index in [1.165, 1.54) is 0 Å². The van der Waals surface area contributed by atoms with Crippen molar-refractivity contribution in [2.75, 3.05) is 0 Å². The first-order valence-corrected chi connectivity index (χ1v) is 5.14. The minimum absolute atomic E-state index is 0.277. The molecule has 82 valence electrons. The van der Waals surface area contributed by atoms with Crippen LogP contribution in [0.3, 0.4) is 0 Å². The Labute approximate surface area is 92.2 Å². The molecule has 1 fully saturated rings. The molecule has 0 spiro atoms. The summed E-state index contributed by atoms with van der Waals surface area (Å²) in [4.78, 5) is 0. The predicted molar refractivity (Wildman–Crippen MR) is 56.2 cm³/mol. The molecule has 2 N–H and O–H groups in total. The van der Waals surface area contributed by atoms with Gasteiger partial charge in [0.1, 0.15) is 0 Å². The molecule has 0 amide bonds. The SMILES string of the molecule is Cc1cc(C2(N)CC(F)(F)C2)ccc1Cl. The molecule has 0 bridgehead atoms. The van der Waals surface area contributed by atoms with E-state index in [1.807, 2.05) is 6.92 Å². The van der Waals surface area contributed by atoms with Crippen LogP contribution in [0, 0.1) is 6.92 Å². The molecule has 0 atom stereocenters. The lowest BCUT2D eigenvalue weighted by Gasteiger charge is -2.45. The Morgan fingerprint density at radius 3 is 2.40 bits per heavy atom. The smallest absolute Gasteiger partial charge is 0.252 e. The Kier molecular flexibility index (Phi) is 2.28. The fraction of sp³-hybridized carbons (Fsp3) is 0.455. The summed E-state index contributed by atoms with van der Waals surface area (Å²) in [5.41, 5.74) is 6.63. The van der Waals surface area contributed by atoms with Gasteiger partial charge in [0.2, 0.25) is 0 Å². The summed E-state index contributed by atoms with van der Waals surface area (Å²) in [5, 5.41) is 0.633. The van der Waals surface area contributed by atoms with Crippen molar-refractivity contribution in [3.05, 3.63) is 34.3 Å². The van der Waals surface area contributed by atoms with Gasteiger partial charge in [0.05, 0.1) is 5.54 Å². The standard InChI is InChI=1S/C11H12ClF2N/c1-7-4-8(2-3-9(7)12)10(15)5-11(13,14)6-10/h2-4H,5-6,15H2,1H3. The summed E-state index contributed by atoms with van der Waals surface area (Å²) < 4.78 is 25.6. The molecule has 0 aromatic heterocycles. The molecular weight excluding hydrogens is 220 g/mol. The number of hydrogen-bond donors (Lipinski definition) is 1. The van der Waals surface area contributed by atoms with Crippen LogP contribution in [-0.2, 0) is 5.54 Å². The van der Waals surface area contributed by atoms with Crippen LogP contribution in [0.2, 0.25) is 5.02 Å². The third kappa shape index (κ3) is 1.86. The molecule has 1 aliphatic rings. The van der Waals surface area contributed by atoms with Gasteiger partial charge in [0.15, 0.2) is 0 Å². The van der Waals surface area contributed by atoms with E-state index in [4.69, 9.17) is 17.3 Å². The summed E-state index contributed by atoms with van der Waals surface area (Å²) in [6.45, 7) is 1.84. The third-order valence-electron chi connectivity index (χ3n) is 2.88. The van der Waals surface area contributed by atoms with Gasteiger partial charge in [-0.1, -0.05) is 23.7 Å². The van der Waals surface area contributed by atoms with E-state index < -0.39 is 11.5 Å². The zero-order valence-electron chi connectivity index (χ0n) is 8.36. The first kappa shape index (κ1) is 10.8. The topological polar surface area (TPSA) is 26.0 Å². The van der Waals surface area contributed by atoms with Crippen LogP contribution < -0.4 is 5.73 Å². The lowest BCUT2D eigenvalue weighted by molar-refractivity contribution is -0.125. The van der Waals surface area contributed by atoms with Crippen LogP contribution in [0.25, 0.3) is 0 Å². The Bertz CT molecular complexity index is 396. The van der Waals surface area contributed by atoms with Gasteiger partial charge in [0.25, 0.3) is 5.92 Å². The summed E-state index contributed by atoms with van der Waals surface area (Å²) in [7, 11) is 0. The average molecular weight is 232 g/mol. The second-order valence-corrected chi connectivity index (χ2v) is 4.74. The van der Waals surface area contributed by atoms with Crippen molar-refractivity contribution in [2.45, 2.75) is 31.2 Å². The first-order valence-electron chi connectivity index (χ1n) is 4.76. The Balaban J connectivity index is 2.28. The van der Waals surface area contributed by atoms with Crippen LogP contribution in [0.15, 0.2) is 18.2 Å². The van der Waals surface area contributed by atoms with E-state index in [0.29, 0.717) is 5.02 Å². The Morgan fingerprint density at radius 2 is 1.93 bits per heavy atom. The van der Waals surface area contributed by atoms with Crippen LogP contribution in [0.1, 0.15) is 24.0 Å². The monoisotopic (exact) mass is 231 g/mol. The zero-order valence-corrected chi connectivity index (χ0v) is 9.11. The van der Waals surface area contributed by atoms with Crippen molar-refractivity contribution in [1.82, 2.24) is 0 Å². The van der Waals surface area contributed by atoms with E-state index in [-0.39, 0.29) is 12.8 Å². The highest BCUT2D eigenvalue weighted by molar-refractivity contribution is 6.31. The molecule has 1 aliphatic carbocycles. The Morgan fingerprint density at radius 1 is 1.33 bits per heavy atom. The number of nitrogens with two attached hydrogens (primary N) is 1. The molecule has 1 aromatic carbocycles. The highest BCUT2D eigenvalue weighted by atomic mass is 35.5. The molecule has 1 aromatic rings. The molecule has 4 heteroatoms. The van der Waals surface area contributed by atoms with Crippen molar-refractivity contribution in [3.63, 3.8) is 0 Å². The van der Waals surface area contributed by atoms with Crippen LogP contribution >= 0.6 is 11.6 Å². The molecule has 2 rings (SSSR count). The maximum atomic E-state index is 12.8. The number of benzene rings is 1. The van der Waals surface area contributed by atoms with E-state index >= 15 is 0 Å². The fourth-order valence-electron chi connectivity index (χ4n) is 2.03. The predicted octanol–water partition coefficient (Wildman–Crippen LogP) is 3.23. The maximum Gasteiger partial charge on any atom is 0.252 e. The van der Waals surface area contributed by atoms with Crippen molar-refractivity contribution in [2.24, 2.45) is 5.73 Å². The molecule has 0 radical (unpaired) electrons. The molecular formula is C11H12ClF2N. The minimum atomic E-state index is -2.61. The lowest BCUT2D eigenvalue weighted by atomic mass is 9.69. The van der Waals surface area contributed by atoms with Gasteiger partial charge in [-0.25, -0.2) is 8.78 Å². The average Bonchev–Trinajstić information content (AvgIpc) is 2.06. The molecule has 1 nitrogen and oxygen atoms in total. The van der Waals surface area contributed by atoms with E-state index in [2.05, 4.69) is 0 Å². The fourth-order valence-corrected chi connectivity index (χ4v) is 2.15. The number of aryl methyl sites for hydroxylation is 1. The lowest BCUT2D eigenvalue weighted by Crippen LogP contribution is -2.55. The third-order valence-corrected chi connectivity index (χ3v) is 3.31. The maximum absolute atomic E-state index is 12.8. The molecule has 15 heavy (non-hydrogen) atoms. The minimum Gasteiger partial charge on any atom is -0.321 e. The van der Waals surface area contributed by atoms with Gasteiger partial charge in [-0.2, -0.15) is 0 Å². The second-order valence-electron chi connectivity index (χ2n) is 4.33. The first-order chi connectivity index (χ1) is 6.82. The summed E-state index contributed by atoms with van der Waals surface area (Å²) in [5.74, 6) is -2.61. The molecule has 0 saturated heterocycles. The van der Waals surface area contributed by atoms with Crippen LogP contribution in [-0.4, -0.2) is 5.92 Å².